The van der Waals surface area contributed by atoms with Crippen molar-refractivity contribution in [3.05, 3.63) is 17.0 Å². The first-order valence-electron chi connectivity index (χ1n) is 8.07. The maximum Gasteiger partial charge on any atom is 0.242 e. The molecule has 3 atom stereocenters. The van der Waals surface area contributed by atoms with Crippen molar-refractivity contribution >= 4 is 11.8 Å². The third kappa shape index (κ3) is 2.73. The highest BCUT2D eigenvalue weighted by molar-refractivity contribution is 5.87. The highest BCUT2D eigenvalue weighted by Gasteiger charge is 2.49. The third-order valence-electron chi connectivity index (χ3n) is 5.18. The number of amides is 2. The van der Waals surface area contributed by atoms with E-state index >= 15 is 0 Å². The smallest absolute Gasteiger partial charge is 0.242 e. The molecule has 2 aliphatic rings. The minimum absolute atomic E-state index is 0.0229. The lowest BCUT2D eigenvalue weighted by molar-refractivity contribution is -0.138. The van der Waals surface area contributed by atoms with Gasteiger partial charge in [-0.3, -0.25) is 14.5 Å². The van der Waals surface area contributed by atoms with Gasteiger partial charge in [0.1, 0.15) is 11.8 Å². The van der Waals surface area contributed by atoms with Crippen molar-refractivity contribution in [2.45, 2.75) is 45.8 Å². The molecule has 1 N–H and O–H groups in total. The van der Waals surface area contributed by atoms with Crippen molar-refractivity contribution in [1.29, 1.82) is 0 Å². The first kappa shape index (κ1) is 16.0. The van der Waals surface area contributed by atoms with E-state index in [4.69, 9.17) is 4.52 Å². The molecule has 0 unspecified atom stereocenters. The summed E-state index contributed by atoms with van der Waals surface area (Å²) in [5, 5.41) is 6.68. The Morgan fingerprint density at radius 1 is 1.35 bits per heavy atom. The molecule has 7 nitrogen and oxygen atoms in total. The van der Waals surface area contributed by atoms with E-state index in [1.165, 1.54) is 0 Å². The molecule has 1 aromatic rings. The summed E-state index contributed by atoms with van der Waals surface area (Å²) in [6.45, 7) is 7.90. The Morgan fingerprint density at radius 3 is 2.65 bits per heavy atom. The highest BCUT2D eigenvalue weighted by atomic mass is 16.5. The van der Waals surface area contributed by atoms with Crippen LogP contribution in [0, 0.1) is 19.8 Å². The van der Waals surface area contributed by atoms with Gasteiger partial charge in [0.2, 0.25) is 11.8 Å². The van der Waals surface area contributed by atoms with E-state index in [1.54, 1.807) is 18.9 Å². The zero-order chi connectivity index (χ0) is 16.7. The Morgan fingerprint density at radius 2 is 2.09 bits per heavy atom. The second-order valence-corrected chi connectivity index (χ2v) is 6.62. The number of nitrogens with one attached hydrogen (secondary N) is 1. The number of carbonyl (C=O) groups excluding carboxylic acids is 2. The average Bonchev–Trinajstić information content (AvgIpc) is 3.13. The SMILES string of the molecule is CNC(=O)[C@H]1C[C@@H]2CN(Cc3c(C)noc3C)C[C@@H]2N1C(C)=O. The number of likely N-dealkylation sites (N-methyl/N-ethyl adjacent to an activating group) is 1. The molecule has 3 heterocycles. The van der Waals surface area contributed by atoms with E-state index in [0.717, 1.165) is 43.1 Å². The molecule has 3 rings (SSSR count). The van der Waals surface area contributed by atoms with Crippen LogP contribution in [-0.4, -0.2) is 59.0 Å². The first-order valence-corrected chi connectivity index (χ1v) is 8.07. The van der Waals surface area contributed by atoms with Crippen molar-refractivity contribution in [3.8, 4) is 0 Å². The number of hydrogen-bond donors (Lipinski definition) is 1. The molecule has 0 spiro atoms. The number of nitrogens with zero attached hydrogens (tertiary/aromatic N) is 3. The van der Waals surface area contributed by atoms with Crippen molar-refractivity contribution in [2.24, 2.45) is 5.92 Å². The predicted molar refractivity (Wildman–Crippen MR) is 83.5 cm³/mol. The monoisotopic (exact) mass is 320 g/mol. The van der Waals surface area contributed by atoms with E-state index in [-0.39, 0.29) is 23.9 Å². The number of aromatic nitrogens is 1. The largest absolute Gasteiger partial charge is 0.361 e. The fraction of sp³-hybridized carbons (Fsp3) is 0.688. The summed E-state index contributed by atoms with van der Waals surface area (Å²) < 4.78 is 5.23. The third-order valence-corrected chi connectivity index (χ3v) is 5.18. The van der Waals surface area contributed by atoms with Crippen LogP contribution in [0.2, 0.25) is 0 Å². The van der Waals surface area contributed by atoms with Gasteiger partial charge in [-0.2, -0.15) is 0 Å². The van der Waals surface area contributed by atoms with Gasteiger partial charge < -0.3 is 14.7 Å². The van der Waals surface area contributed by atoms with Crippen LogP contribution >= 0.6 is 0 Å². The Balaban J connectivity index is 1.73. The Bertz CT molecular complexity index is 607. The van der Waals surface area contributed by atoms with Crippen LogP contribution < -0.4 is 5.32 Å². The normalized spacial score (nSPS) is 27.3. The minimum atomic E-state index is -0.325. The van der Waals surface area contributed by atoms with Crippen LogP contribution in [0.1, 0.15) is 30.4 Å². The maximum atomic E-state index is 12.1. The van der Waals surface area contributed by atoms with Gasteiger partial charge in [-0.25, -0.2) is 0 Å². The second-order valence-electron chi connectivity index (χ2n) is 6.62. The van der Waals surface area contributed by atoms with Crippen molar-refractivity contribution in [1.82, 2.24) is 20.3 Å². The molecule has 0 saturated carbocycles. The van der Waals surface area contributed by atoms with E-state index in [9.17, 15) is 9.59 Å². The van der Waals surface area contributed by atoms with Crippen LogP contribution in [0.3, 0.4) is 0 Å². The lowest BCUT2D eigenvalue weighted by atomic mass is 10.0. The zero-order valence-electron chi connectivity index (χ0n) is 14.1. The molecular weight excluding hydrogens is 296 g/mol. The lowest BCUT2D eigenvalue weighted by Crippen LogP contribution is -2.49. The Labute approximate surface area is 136 Å². The molecule has 2 amide bonds. The molecule has 1 aromatic heterocycles. The predicted octanol–water partition coefficient (Wildman–Crippen LogP) is 0.459. The van der Waals surface area contributed by atoms with E-state index in [2.05, 4.69) is 15.4 Å². The summed E-state index contributed by atoms with van der Waals surface area (Å²) in [4.78, 5) is 28.2. The molecule has 7 heteroatoms. The summed E-state index contributed by atoms with van der Waals surface area (Å²) in [5.41, 5.74) is 2.05. The van der Waals surface area contributed by atoms with E-state index in [0.29, 0.717) is 5.92 Å². The summed E-state index contributed by atoms with van der Waals surface area (Å²) in [7, 11) is 1.62. The molecule has 2 saturated heterocycles. The van der Waals surface area contributed by atoms with Gasteiger partial charge in [-0.15, -0.1) is 0 Å². The lowest BCUT2D eigenvalue weighted by Gasteiger charge is -2.28. The topological polar surface area (TPSA) is 78.7 Å². The number of likely N-dealkylation sites (tertiary alicyclic amines) is 2. The first-order chi connectivity index (χ1) is 10.9. The molecule has 23 heavy (non-hydrogen) atoms. The van der Waals surface area contributed by atoms with Gasteiger partial charge in [0.25, 0.3) is 0 Å². The molecular formula is C16H24N4O3. The average molecular weight is 320 g/mol. The van der Waals surface area contributed by atoms with Gasteiger partial charge in [0, 0.05) is 45.2 Å². The zero-order valence-corrected chi connectivity index (χ0v) is 14.1. The Hall–Kier alpha value is -1.89. The van der Waals surface area contributed by atoms with Crippen LogP contribution in [0.15, 0.2) is 4.52 Å². The molecule has 0 aromatic carbocycles. The molecule has 126 valence electrons. The van der Waals surface area contributed by atoms with E-state index < -0.39 is 0 Å². The molecule has 2 fully saturated rings. The molecule has 0 radical (unpaired) electrons. The second kappa shape index (κ2) is 5.96. The number of rotatable bonds is 3. The number of hydrogen-bond acceptors (Lipinski definition) is 5. The van der Waals surface area contributed by atoms with Gasteiger partial charge in [0.15, 0.2) is 0 Å². The quantitative estimate of drug-likeness (QED) is 0.875. The number of fused-ring (bicyclic) bond motifs is 1. The fourth-order valence-electron chi connectivity index (χ4n) is 4.05. The van der Waals surface area contributed by atoms with E-state index in [1.807, 2.05) is 13.8 Å². The molecule has 0 bridgehead atoms. The maximum absolute atomic E-state index is 12.1. The van der Waals surface area contributed by atoms with Gasteiger partial charge in [-0.1, -0.05) is 5.16 Å². The van der Waals surface area contributed by atoms with Crippen molar-refractivity contribution in [2.75, 3.05) is 20.1 Å². The summed E-state index contributed by atoms with van der Waals surface area (Å²) in [6.07, 6.45) is 0.738. The minimum Gasteiger partial charge on any atom is -0.361 e. The summed E-state index contributed by atoms with van der Waals surface area (Å²) in [6, 6.07) is -0.205. The van der Waals surface area contributed by atoms with Crippen LogP contribution in [-0.2, 0) is 16.1 Å². The number of carbonyl (C=O) groups is 2. The molecule has 2 aliphatic heterocycles. The highest BCUT2D eigenvalue weighted by Crippen LogP contribution is 2.36. The standard InChI is InChI=1S/C16H24N4O3/c1-9-13(10(2)23-18-9)7-19-6-12-5-14(16(22)17-4)20(11(3)21)15(12)8-19/h12,14-15H,5-8H2,1-4H3,(H,17,22)/t12-,14-,15+/m1/s1. The van der Waals surface area contributed by atoms with Gasteiger partial charge >= 0.3 is 0 Å². The van der Waals surface area contributed by atoms with Crippen LogP contribution in [0.5, 0.6) is 0 Å². The van der Waals surface area contributed by atoms with Gasteiger partial charge in [0.05, 0.1) is 5.69 Å². The summed E-state index contributed by atoms with van der Waals surface area (Å²) in [5.74, 6) is 1.12. The van der Waals surface area contributed by atoms with Crippen LogP contribution in [0.25, 0.3) is 0 Å². The number of aryl methyl sites for hydroxylation is 2. The molecule has 0 aliphatic carbocycles. The summed E-state index contributed by atoms with van der Waals surface area (Å²) >= 11 is 0. The Kier molecular flexibility index (Phi) is 4.14. The fourth-order valence-corrected chi connectivity index (χ4v) is 4.05. The van der Waals surface area contributed by atoms with Crippen molar-refractivity contribution < 1.29 is 14.1 Å². The van der Waals surface area contributed by atoms with Crippen molar-refractivity contribution in [3.63, 3.8) is 0 Å². The van der Waals surface area contributed by atoms with Gasteiger partial charge in [-0.05, 0) is 26.2 Å². The van der Waals surface area contributed by atoms with Crippen LogP contribution in [0.4, 0.5) is 0 Å².